The van der Waals surface area contributed by atoms with Crippen LogP contribution in [0.25, 0.3) is 0 Å². The Kier molecular flexibility index (Phi) is 9.48. The Hall–Kier alpha value is -0.120. The van der Waals surface area contributed by atoms with Gasteiger partial charge in [-0.25, -0.2) is 0 Å². The summed E-state index contributed by atoms with van der Waals surface area (Å²) in [6.45, 7) is 9.72. The van der Waals surface area contributed by atoms with Crippen LogP contribution in [-0.4, -0.2) is 48.8 Å². The van der Waals surface area contributed by atoms with Gasteiger partial charge in [0.25, 0.3) is 0 Å². The Morgan fingerprint density at radius 3 is 2.68 bits per heavy atom. The minimum atomic E-state index is 0.335. The zero-order valence-electron chi connectivity index (χ0n) is 13.0. The maximum Gasteiger partial charge on any atom is 0.0434 e. The van der Waals surface area contributed by atoms with Gasteiger partial charge in [0.1, 0.15) is 0 Å². The van der Waals surface area contributed by atoms with Crippen molar-refractivity contribution in [3.05, 3.63) is 0 Å². The first kappa shape index (κ1) is 16.9. The Balaban J connectivity index is 2.24. The van der Waals surface area contributed by atoms with Gasteiger partial charge in [-0.1, -0.05) is 20.3 Å². The Labute approximate surface area is 119 Å². The molecule has 2 atom stereocenters. The van der Waals surface area contributed by atoms with Crippen molar-refractivity contribution in [3.8, 4) is 0 Å². The molecular formula is C16H34N2O. The molecule has 1 aliphatic rings. The first-order chi connectivity index (χ1) is 9.30. The molecule has 1 saturated heterocycles. The van der Waals surface area contributed by atoms with E-state index in [4.69, 9.17) is 5.11 Å². The summed E-state index contributed by atoms with van der Waals surface area (Å²) in [6.07, 6.45) is 8.62. The van der Waals surface area contributed by atoms with Crippen LogP contribution in [0.2, 0.25) is 0 Å². The lowest BCUT2D eigenvalue weighted by Crippen LogP contribution is -2.35. The third kappa shape index (κ3) is 7.28. The molecule has 1 heterocycles. The molecule has 2 unspecified atom stereocenters. The van der Waals surface area contributed by atoms with E-state index in [0.29, 0.717) is 18.6 Å². The van der Waals surface area contributed by atoms with E-state index in [1.54, 1.807) is 0 Å². The molecule has 0 aromatic heterocycles. The summed E-state index contributed by atoms with van der Waals surface area (Å²) in [5.41, 5.74) is 0. The van der Waals surface area contributed by atoms with Gasteiger partial charge in [-0.15, -0.1) is 0 Å². The van der Waals surface area contributed by atoms with Crippen molar-refractivity contribution in [2.24, 2.45) is 5.92 Å². The highest BCUT2D eigenvalue weighted by Gasteiger charge is 2.17. The normalized spacial score (nSPS) is 23.2. The number of aliphatic hydroxyl groups excluding tert-OH is 1. The van der Waals surface area contributed by atoms with Gasteiger partial charge in [0.2, 0.25) is 0 Å². The van der Waals surface area contributed by atoms with E-state index < -0.39 is 0 Å². The predicted molar refractivity (Wildman–Crippen MR) is 82.5 cm³/mol. The fraction of sp³-hybridized carbons (Fsp3) is 1.00. The molecule has 114 valence electrons. The van der Waals surface area contributed by atoms with Crippen LogP contribution in [0.3, 0.4) is 0 Å². The summed E-state index contributed by atoms with van der Waals surface area (Å²) in [7, 11) is 0. The van der Waals surface area contributed by atoms with Crippen molar-refractivity contribution >= 4 is 0 Å². The molecule has 0 amide bonds. The molecule has 0 aliphatic carbocycles. The topological polar surface area (TPSA) is 35.5 Å². The fourth-order valence-corrected chi connectivity index (χ4v) is 3.17. The van der Waals surface area contributed by atoms with Gasteiger partial charge in [0, 0.05) is 12.6 Å². The van der Waals surface area contributed by atoms with Gasteiger partial charge in [-0.05, 0) is 70.6 Å². The lowest BCUT2D eigenvalue weighted by Gasteiger charge is -2.22. The maximum absolute atomic E-state index is 9.10. The first-order valence-corrected chi connectivity index (χ1v) is 8.36. The van der Waals surface area contributed by atoms with Gasteiger partial charge in [0.15, 0.2) is 0 Å². The van der Waals surface area contributed by atoms with Crippen LogP contribution in [0.1, 0.15) is 58.8 Å². The summed E-state index contributed by atoms with van der Waals surface area (Å²) in [5, 5.41) is 12.9. The number of nitrogens with zero attached hydrogens (tertiary/aromatic N) is 1. The van der Waals surface area contributed by atoms with Gasteiger partial charge in [0.05, 0.1) is 0 Å². The maximum atomic E-state index is 9.10. The van der Waals surface area contributed by atoms with Crippen molar-refractivity contribution in [2.75, 3.05) is 32.8 Å². The number of hydrogen-bond acceptors (Lipinski definition) is 3. The molecule has 0 bridgehead atoms. The summed E-state index contributed by atoms with van der Waals surface area (Å²) in [4.78, 5) is 2.61. The molecule has 3 heteroatoms. The van der Waals surface area contributed by atoms with Crippen molar-refractivity contribution in [2.45, 2.75) is 64.8 Å². The molecule has 0 radical (unpaired) electrons. The SMILES string of the molecule is CCCC(CCO)CNC1CCCN(CCC)CC1. The molecule has 0 saturated carbocycles. The molecule has 0 aromatic carbocycles. The molecule has 3 nitrogen and oxygen atoms in total. The second-order valence-electron chi connectivity index (χ2n) is 6.04. The number of nitrogens with one attached hydrogen (secondary N) is 1. The molecule has 1 rings (SSSR count). The molecule has 1 fully saturated rings. The van der Waals surface area contributed by atoms with Crippen LogP contribution < -0.4 is 5.32 Å². The van der Waals surface area contributed by atoms with E-state index in [1.165, 1.54) is 58.2 Å². The van der Waals surface area contributed by atoms with Crippen molar-refractivity contribution < 1.29 is 5.11 Å². The van der Waals surface area contributed by atoms with E-state index in [-0.39, 0.29) is 0 Å². The third-order valence-electron chi connectivity index (χ3n) is 4.29. The van der Waals surface area contributed by atoms with Crippen LogP contribution in [0, 0.1) is 5.92 Å². The minimum absolute atomic E-state index is 0.335. The fourth-order valence-electron chi connectivity index (χ4n) is 3.17. The highest BCUT2D eigenvalue weighted by molar-refractivity contribution is 4.76. The molecule has 0 spiro atoms. The lowest BCUT2D eigenvalue weighted by molar-refractivity contribution is 0.242. The van der Waals surface area contributed by atoms with Crippen LogP contribution in [-0.2, 0) is 0 Å². The Morgan fingerprint density at radius 2 is 2.00 bits per heavy atom. The second kappa shape index (κ2) is 10.6. The number of rotatable bonds is 9. The average molecular weight is 270 g/mol. The van der Waals surface area contributed by atoms with Crippen LogP contribution in [0.4, 0.5) is 0 Å². The number of likely N-dealkylation sites (tertiary alicyclic amines) is 1. The van der Waals surface area contributed by atoms with Crippen molar-refractivity contribution in [1.82, 2.24) is 10.2 Å². The van der Waals surface area contributed by atoms with Gasteiger partial charge < -0.3 is 15.3 Å². The molecule has 1 aliphatic heterocycles. The summed E-state index contributed by atoms with van der Waals surface area (Å²) >= 11 is 0. The minimum Gasteiger partial charge on any atom is -0.396 e. The van der Waals surface area contributed by atoms with Crippen LogP contribution in [0.15, 0.2) is 0 Å². The van der Waals surface area contributed by atoms with Gasteiger partial charge in [-0.3, -0.25) is 0 Å². The number of hydrogen-bond donors (Lipinski definition) is 2. The lowest BCUT2D eigenvalue weighted by atomic mass is 9.99. The van der Waals surface area contributed by atoms with Crippen LogP contribution in [0.5, 0.6) is 0 Å². The Morgan fingerprint density at radius 1 is 1.16 bits per heavy atom. The van der Waals surface area contributed by atoms with E-state index in [0.717, 1.165) is 13.0 Å². The Bertz CT molecular complexity index is 205. The van der Waals surface area contributed by atoms with Crippen molar-refractivity contribution in [3.63, 3.8) is 0 Å². The molecule has 2 N–H and O–H groups in total. The first-order valence-electron chi connectivity index (χ1n) is 8.36. The summed E-state index contributed by atoms with van der Waals surface area (Å²) in [5.74, 6) is 0.657. The number of aliphatic hydroxyl groups is 1. The highest BCUT2D eigenvalue weighted by Crippen LogP contribution is 2.14. The van der Waals surface area contributed by atoms with Crippen LogP contribution >= 0.6 is 0 Å². The van der Waals surface area contributed by atoms with E-state index in [1.807, 2.05) is 0 Å². The van der Waals surface area contributed by atoms with E-state index >= 15 is 0 Å². The van der Waals surface area contributed by atoms with Gasteiger partial charge in [-0.2, -0.15) is 0 Å². The quantitative estimate of drug-likeness (QED) is 0.676. The molecule has 19 heavy (non-hydrogen) atoms. The second-order valence-corrected chi connectivity index (χ2v) is 6.04. The average Bonchev–Trinajstić information content (AvgIpc) is 2.63. The highest BCUT2D eigenvalue weighted by atomic mass is 16.3. The third-order valence-corrected chi connectivity index (χ3v) is 4.29. The molecule has 0 aromatic rings. The predicted octanol–water partition coefficient (Wildman–Crippen LogP) is 2.64. The van der Waals surface area contributed by atoms with E-state index in [2.05, 4.69) is 24.1 Å². The van der Waals surface area contributed by atoms with E-state index in [9.17, 15) is 0 Å². The summed E-state index contributed by atoms with van der Waals surface area (Å²) < 4.78 is 0. The van der Waals surface area contributed by atoms with Gasteiger partial charge >= 0.3 is 0 Å². The zero-order chi connectivity index (χ0) is 13.9. The zero-order valence-corrected chi connectivity index (χ0v) is 13.0. The standard InChI is InChI=1S/C16H34N2O/c1-3-6-15(9-13-19)14-17-16-7-5-11-18(10-4-2)12-8-16/h15-17,19H,3-14H2,1-2H3. The largest absolute Gasteiger partial charge is 0.396 e. The molecular weight excluding hydrogens is 236 g/mol. The van der Waals surface area contributed by atoms with Crippen molar-refractivity contribution in [1.29, 1.82) is 0 Å². The smallest absolute Gasteiger partial charge is 0.0434 e. The monoisotopic (exact) mass is 270 g/mol. The summed E-state index contributed by atoms with van der Waals surface area (Å²) in [6, 6.07) is 0.694.